The van der Waals surface area contributed by atoms with Crippen LogP contribution in [-0.4, -0.2) is 37.2 Å². The zero-order valence-corrected chi connectivity index (χ0v) is 13.3. The summed E-state index contributed by atoms with van der Waals surface area (Å²) in [5.74, 6) is 1.22. The second-order valence-electron chi connectivity index (χ2n) is 5.78. The number of anilines is 1. The molecule has 1 unspecified atom stereocenters. The largest absolute Gasteiger partial charge is 0.352 e. The van der Waals surface area contributed by atoms with Gasteiger partial charge < -0.3 is 16.0 Å². The van der Waals surface area contributed by atoms with Crippen molar-refractivity contribution in [2.24, 2.45) is 5.92 Å². The Hall–Kier alpha value is -1.53. The summed E-state index contributed by atoms with van der Waals surface area (Å²) in [4.78, 5) is 24.9. The van der Waals surface area contributed by atoms with Crippen LogP contribution in [0.15, 0.2) is 23.1 Å². The van der Waals surface area contributed by atoms with Crippen LogP contribution in [0.25, 0.3) is 0 Å². The average Bonchev–Trinajstić information content (AvgIpc) is 2.73. The Labute approximate surface area is 134 Å². The lowest BCUT2D eigenvalue weighted by atomic mass is 9.99. The molecule has 2 heterocycles. The molecule has 1 aromatic carbocycles. The number of hydrogen-bond donors (Lipinski definition) is 3. The highest BCUT2D eigenvalue weighted by Crippen LogP contribution is 2.31. The fourth-order valence-electron chi connectivity index (χ4n) is 2.80. The number of amides is 2. The van der Waals surface area contributed by atoms with E-state index >= 15 is 0 Å². The molecule has 2 aliphatic rings. The second kappa shape index (κ2) is 7.15. The average molecular weight is 319 g/mol. The van der Waals surface area contributed by atoms with E-state index in [0.29, 0.717) is 24.4 Å². The first-order valence-corrected chi connectivity index (χ1v) is 8.76. The van der Waals surface area contributed by atoms with Crippen LogP contribution in [0.3, 0.4) is 0 Å². The highest BCUT2D eigenvalue weighted by Gasteiger charge is 2.17. The molecule has 1 aromatic rings. The number of carbonyl (C=O) groups is 2. The van der Waals surface area contributed by atoms with E-state index in [1.807, 2.05) is 12.1 Å². The fraction of sp³-hybridized carbons (Fsp3) is 0.500. The van der Waals surface area contributed by atoms with Crippen LogP contribution >= 0.6 is 11.8 Å². The molecule has 0 spiro atoms. The molecule has 2 aliphatic heterocycles. The molecule has 0 aliphatic carbocycles. The van der Waals surface area contributed by atoms with Crippen LogP contribution in [0, 0.1) is 5.92 Å². The Bertz CT molecular complexity index is 571. The number of carbonyl (C=O) groups excluding carboxylic acids is 2. The van der Waals surface area contributed by atoms with E-state index in [1.165, 1.54) is 6.42 Å². The van der Waals surface area contributed by atoms with E-state index in [4.69, 9.17) is 0 Å². The van der Waals surface area contributed by atoms with Crippen molar-refractivity contribution in [2.75, 3.05) is 30.7 Å². The minimum absolute atomic E-state index is 0.0112. The second-order valence-corrected chi connectivity index (χ2v) is 6.92. The summed E-state index contributed by atoms with van der Waals surface area (Å²) in [5, 5.41) is 9.23. The molecule has 0 saturated carbocycles. The van der Waals surface area contributed by atoms with Gasteiger partial charge in [-0.2, -0.15) is 0 Å². The first kappa shape index (κ1) is 15.4. The van der Waals surface area contributed by atoms with E-state index in [0.717, 1.165) is 35.8 Å². The maximum absolute atomic E-state index is 12.3. The van der Waals surface area contributed by atoms with E-state index in [2.05, 4.69) is 16.0 Å². The normalized spacial score (nSPS) is 21.5. The van der Waals surface area contributed by atoms with Gasteiger partial charge in [-0.3, -0.25) is 9.59 Å². The summed E-state index contributed by atoms with van der Waals surface area (Å²) in [6.45, 7) is 2.74. The van der Waals surface area contributed by atoms with Gasteiger partial charge in [0.15, 0.2) is 0 Å². The van der Waals surface area contributed by atoms with Gasteiger partial charge in [0.2, 0.25) is 5.91 Å². The molecule has 1 saturated heterocycles. The molecule has 3 N–H and O–H groups in total. The van der Waals surface area contributed by atoms with Gasteiger partial charge in [-0.15, -0.1) is 11.8 Å². The van der Waals surface area contributed by atoms with Gasteiger partial charge in [0.1, 0.15) is 0 Å². The highest BCUT2D eigenvalue weighted by atomic mass is 32.2. The number of piperidine rings is 1. The number of hydrogen-bond acceptors (Lipinski definition) is 4. The van der Waals surface area contributed by atoms with Crippen molar-refractivity contribution in [1.82, 2.24) is 10.6 Å². The van der Waals surface area contributed by atoms with Gasteiger partial charge in [-0.05, 0) is 50.0 Å². The molecule has 0 aromatic heterocycles. The van der Waals surface area contributed by atoms with Crippen molar-refractivity contribution in [3.63, 3.8) is 0 Å². The SMILES string of the molecule is O=C1CCSc2ccc(C(=O)NCC3CCCNC3)cc2N1. The molecule has 1 atom stereocenters. The summed E-state index contributed by atoms with van der Waals surface area (Å²) in [5.41, 5.74) is 1.35. The topological polar surface area (TPSA) is 70.2 Å². The summed E-state index contributed by atoms with van der Waals surface area (Å²) < 4.78 is 0. The minimum atomic E-state index is -0.0723. The lowest BCUT2D eigenvalue weighted by Gasteiger charge is -2.22. The molecule has 118 valence electrons. The molecule has 0 bridgehead atoms. The van der Waals surface area contributed by atoms with Gasteiger partial charge in [-0.1, -0.05) is 0 Å². The van der Waals surface area contributed by atoms with E-state index < -0.39 is 0 Å². The fourth-order valence-corrected chi connectivity index (χ4v) is 3.74. The van der Waals surface area contributed by atoms with Gasteiger partial charge in [0.05, 0.1) is 5.69 Å². The molecular formula is C16H21N3O2S. The van der Waals surface area contributed by atoms with Crippen LogP contribution in [0.1, 0.15) is 29.6 Å². The van der Waals surface area contributed by atoms with Crippen molar-refractivity contribution in [3.8, 4) is 0 Å². The van der Waals surface area contributed by atoms with E-state index in [-0.39, 0.29) is 11.8 Å². The Morgan fingerprint density at radius 2 is 2.32 bits per heavy atom. The highest BCUT2D eigenvalue weighted by molar-refractivity contribution is 7.99. The van der Waals surface area contributed by atoms with Crippen molar-refractivity contribution in [1.29, 1.82) is 0 Å². The van der Waals surface area contributed by atoms with Gasteiger partial charge in [0, 0.05) is 29.2 Å². The predicted molar refractivity (Wildman–Crippen MR) is 88.3 cm³/mol. The third-order valence-corrected chi connectivity index (χ3v) is 5.13. The Kier molecular flexibility index (Phi) is 5.00. The molecule has 1 fully saturated rings. The summed E-state index contributed by atoms with van der Waals surface area (Å²) in [6.07, 6.45) is 2.84. The predicted octanol–water partition coefficient (Wildman–Crippen LogP) is 1.85. The number of rotatable bonds is 3. The first-order chi connectivity index (χ1) is 10.7. The van der Waals surface area contributed by atoms with Crippen molar-refractivity contribution < 1.29 is 9.59 Å². The third-order valence-electron chi connectivity index (χ3n) is 4.05. The summed E-state index contributed by atoms with van der Waals surface area (Å²) in [7, 11) is 0. The molecule has 2 amide bonds. The molecule has 0 radical (unpaired) electrons. The van der Waals surface area contributed by atoms with Crippen LogP contribution in [0.4, 0.5) is 5.69 Å². The summed E-state index contributed by atoms with van der Waals surface area (Å²) in [6, 6.07) is 5.53. The van der Waals surface area contributed by atoms with Crippen LogP contribution in [-0.2, 0) is 4.79 Å². The van der Waals surface area contributed by atoms with Gasteiger partial charge in [0.25, 0.3) is 5.91 Å². The van der Waals surface area contributed by atoms with Crippen molar-refractivity contribution in [2.45, 2.75) is 24.2 Å². The molecule has 22 heavy (non-hydrogen) atoms. The minimum Gasteiger partial charge on any atom is -0.352 e. The first-order valence-electron chi connectivity index (χ1n) is 7.78. The lowest BCUT2D eigenvalue weighted by molar-refractivity contribution is -0.115. The van der Waals surface area contributed by atoms with Crippen molar-refractivity contribution >= 4 is 29.3 Å². The van der Waals surface area contributed by atoms with Crippen LogP contribution < -0.4 is 16.0 Å². The Morgan fingerprint density at radius 1 is 1.41 bits per heavy atom. The van der Waals surface area contributed by atoms with Gasteiger partial charge >= 0.3 is 0 Å². The lowest BCUT2D eigenvalue weighted by Crippen LogP contribution is -2.38. The quantitative estimate of drug-likeness (QED) is 0.795. The van der Waals surface area contributed by atoms with Crippen molar-refractivity contribution in [3.05, 3.63) is 23.8 Å². The molecule has 6 heteroatoms. The monoisotopic (exact) mass is 319 g/mol. The number of benzene rings is 1. The van der Waals surface area contributed by atoms with E-state index in [9.17, 15) is 9.59 Å². The number of fused-ring (bicyclic) bond motifs is 1. The third kappa shape index (κ3) is 3.81. The molecular weight excluding hydrogens is 298 g/mol. The molecule has 5 nitrogen and oxygen atoms in total. The van der Waals surface area contributed by atoms with Gasteiger partial charge in [-0.25, -0.2) is 0 Å². The summed E-state index contributed by atoms with van der Waals surface area (Å²) >= 11 is 1.65. The van der Waals surface area contributed by atoms with Crippen LogP contribution in [0.2, 0.25) is 0 Å². The standard InChI is InChI=1S/C16H21N3O2S/c20-15-5-7-22-14-4-3-12(8-13(14)19-15)16(21)18-10-11-2-1-6-17-9-11/h3-4,8,11,17H,1-2,5-7,9-10H2,(H,18,21)(H,19,20). The zero-order chi connectivity index (χ0) is 15.4. The maximum Gasteiger partial charge on any atom is 0.251 e. The number of thioether (sulfide) groups is 1. The maximum atomic E-state index is 12.3. The smallest absolute Gasteiger partial charge is 0.251 e. The van der Waals surface area contributed by atoms with Crippen LogP contribution in [0.5, 0.6) is 0 Å². The Balaban J connectivity index is 1.63. The van der Waals surface area contributed by atoms with E-state index in [1.54, 1.807) is 17.8 Å². The number of nitrogens with one attached hydrogen (secondary N) is 3. The zero-order valence-electron chi connectivity index (χ0n) is 12.5. The Morgan fingerprint density at radius 3 is 3.14 bits per heavy atom. The molecule has 3 rings (SSSR count).